The lowest BCUT2D eigenvalue weighted by Gasteiger charge is -2.26. The molecule has 0 aromatic heterocycles. The molecule has 0 spiro atoms. The Morgan fingerprint density at radius 2 is 1.37 bits per heavy atom. The molecule has 0 bridgehead atoms. The van der Waals surface area contributed by atoms with E-state index in [-0.39, 0.29) is 10.8 Å². The van der Waals surface area contributed by atoms with Crippen LogP contribution in [0.1, 0.15) is 62.4 Å². The summed E-state index contributed by atoms with van der Waals surface area (Å²) < 4.78 is 0. The van der Waals surface area contributed by atoms with Gasteiger partial charge in [-0.05, 0) is 63.1 Å². The van der Waals surface area contributed by atoms with Crippen molar-refractivity contribution < 1.29 is 0 Å². The average Bonchev–Trinajstić information content (AvgIpc) is 3.01. The second-order valence-corrected chi connectivity index (χ2v) is 9.09. The Hall–Kier alpha value is -2.67. The minimum atomic E-state index is -0.0231. The van der Waals surface area contributed by atoms with Gasteiger partial charge in [0.15, 0.2) is 0 Å². The fraction of sp³-hybridized carbons (Fsp3) is 0.269. The van der Waals surface area contributed by atoms with Crippen molar-refractivity contribution in [2.45, 2.75) is 45.4 Å². The molecule has 27 heavy (non-hydrogen) atoms. The van der Waals surface area contributed by atoms with Crippen molar-refractivity contribution >= 4 is 5.71 Å². The van der Waals surface area contributed by atoms with Crippen molar-refractivity contribution in [2.24, 2.45) is 0 Å². The zero-order valence-electron chi connectivity index (χ0n) is 16.7. The second kappa shape index (κ2) is 4.98. The molecule has 0 aliphatic heterocycles. The maximum absolute atomic E-state index is 8.12. The first-order valence-electron chi connectivity index (χ1n) is 9.73. The van der Waals surface area contributed by atoms with Gasteiger partial charge in [-0.15, -0.1) is 0 Å². The monoisotopic (exact) mass is 351 g/mol. The molecule has 1 heteroatoms. The molecular weight excluding hydrogens is 326 g/mol. The highest BCUT2D eigenvalue weighted by Gasteiger charge is 2.44. The maximum atomic E-state index is 8.12. The van der Waals surface area contributed by atoms with Crippen LogP contribution in [-0.4, -0.2) is 5.71 Å². The Morgan fingerprint density at radius 1 is 0.704 bits per heavy atom. The Bertz CT molecular complexity index is 1140. The molecule has 0 fully saturated rings. The van der Waals surface area contributed by atoms with Gasteiger partial charge in [-0.2, -0.15) is 0 Å². The lowest BCUT2D eigenvalue weighted by molar-refractivity contribution is 0.647. The fourth-order valence-corrected chi connectivity index (χ4v) is 5.35. The molecular formula is C26H25N. The SMILES string of the molecule is CC(=N)c1ccc2c(c1)-c1c(ccc3c1C(C)(C)c1ccccc1-3)C2(C)C. The zero-order valence-corrected chi connectivity index (χ0v) is 16.7. The van der Waals surface area contributed by atoms with Gasteiger partial charge >= 0.3 is 0 Å². The van der Waals surface area contributed by atoms with Gasteiger partial charge in [-0.3, -0.25) is 0 Å². The van der Waals surface area contributed by atoms with Gasteiger partial charge in [0.1, 0.15) is 0 Å². The van der Waals surface area contributed by atoms with Crippen LogP contribution in [0.4, 0.5) is 0 Å². The molecule has 1 nitrogen and oxygen atoms in total. The standard InChI is InChI=1S/C26H25N/c1-15(27)16-10-12-21-19(14-16)23-22(25(21,2)3)13-11-18-17-8-6-7-9-20(17)26(4,5)24(18)23/h6-14,27H,1-5H3. The summed E-state index contributed by atoms with van der Waals surface area (Å²) in [5.41, 5.74) is 12.7. The molecule has 3 aromatic rings. The van der Waals surface area contributed by atoms with Crippen LogP contribution in [0.15, 0.2) is 54.6 Å². The molecule has 0 heterocycles. The van der Waals surface area contributed by atoms with Crippen molar-refractivity contribution in [3.05, 3.63) is 82.4 Å². The Morgan fingerprint density at radius 3 is 2.11 bits per heavy atom. The van der Waals surface area contributed by atoms with E-state index in [1.165, 1.54) is 44.5 Å². The molecule has 5 rings (SSSR count). The smallest absolute Gasteiger partial charge is 0.0355 e. The van der Waals surface area contributed by atoms with E-state index in [1.54, 1.807) is 0 Å². The average molecular weight is 351 g/mol. The third kappa shape index (κ3) is 1.92. The van der Waals surface area contributed by atoms with Gasteiger partial charge in [-0.1, -0.05) is 76.2 Å². The van der Waals surface area contributed by atoms with Crippen molar-refractivity contribution in [1.82, 2.24) is 0 Å². The van der Waals surface area contributed by atoms with Gasteiger partial charge in [-0.25, -0.2) is 0 Å². The van der Waals surface area contributed by atoms with Crippen LogP contribution in [0.2, 0.25) is 0 Å². The highest BCUT2D eigenvalue weighted by molar-refractivity contribution is 6.00. The predicted octanol–water partition coefficient (Wildman–Crippen LogP) is 6.69. The van der Waals surface area contributed by atoms with E-state index in [0.717, 1.165) is 5.56 Å². The largest absolute Gasteiger partial charge is 0.305 e. The summed E-state index contributed by atoms with van der Waals surface area (Å²) in [6.45, 7) is 11.2. The molecule has 1 N–H and O–H groups in total. The van der Waals surface area contributed by atoms with Crippen molar-refractivity contribution in [1.29, 1.82) is 5.41 Å². The quantitative estimate of drug-likeness (QED) is 0.472. The predicted molar refractivity (Wildman–Crippen MR) is 114 cm³/mol. The molecule has 0 unspecified atom stereocenters. The number of fused-ring (bicyclic) bond motifs is 7. The third-order valence-electron chi connectivity index (χ3n) is 6.79. The van der Waals surface area contributed by atoms with Gasteiger partial charge < -0.3 is 5.41 Å². The number of hydrogen-bond donors (Lipinski definition) is 1. The molecule has 0 saturated heterocycles. The number of benzene rings is 3. The van der Waals surface area contributed by atoms with Crippen LogP contribution in [0.25, 0.3) is 22.3 Å². The van der Waals surface area contributed by atoms with Crippen LogP contribution in [0.3, 0.4) is 0 Å². The lowest BCUT2D eigenvalue weighted by Crippen LogP contribution is -2.18. The molecule has 0 atom stereocenters. The van der Waals surface area contributed by atoms with Gasteiger partial charge in [0, 0.05) is 16.5 Å². The van der Waals surface area contributed by atoms with E-state index in [2.05, 4.69) is 82.3 Å². The van der Waals surface area contributed by atoms with Crippen molar-refractivity contribution in [3.63, 3.8) is 0 Å². The molecule has 0 amide bonds. The first kappa shape index (κ1) is 16.5. The highest BCUT2D eigenvalue weighted by Crippen LogP contribution is 2.58. The normalized spacial score (nSPS) is 17.1. The van der Waals surface area contributed by atoms with E-state index in [4.69, 9.17) is 5.41 Å². The van der Waals surface area contributed by atoms with Gasteiger partial charge in [0.05, 0.1) is 0 Å². The lowest BCUT2D eigenvalue weighted by atomic mass is 9.77. The summed E-state index contributed by atoms with van der Waals surface area (Å²) in [5.74, 6) is 0. The van der Waals surface area contributed by atoms with Gasteiger partial charge in [0.25, 0.3) is 0 Å². The van der Waals surface area contributed by atoms with Crippen molar-refractivity contribution in [2.75, 3.05) is 0 Å². The molecule has 3 aromatic carbocycles. The number of nitrogens with one attached hydrogen (secondary N) is 1. The van der Waals surface area contributed by atoms with Crippen LogP contribution in [0.5, 0.6) is 0 Å². The summed E-state index contributed by atoms with van der Waals surface area (Å²) in [7, 11) is 0. The van der Waals surface area contributed by atoms with Crippen LogP contribution >= 0.6 is 0 Å². The number of rotatable bonds is 1. The van der Waals surface area contributed by atoms with Crippen LogP contribution in [-0.2, 0) is 10.8 Å². The fourth-order valence-electron chi connectivity index (χ4n) is 5.35. The summed E-state index contributed by atoms with van der Waals surface area (Å²) in [6, 6.07) is 20.1. The third-order valence-corrected chi connectivity index (χ3v) is 6.79. The topological polar surface area (TPSA) is 23.9 Å². The minimum absolute atomic E-state index is 0.0149. The zero-order chi connectivity index (χ0) is 19.1. The van der Waals surface area contributed by atoms with E-state index < -0.39 is 0 Å². The first-order valence-corrected chi connectivity index (χ1v) is 9.73. The summed E-state index contributed by atoms with van der Waals surface area (Å²) in [4.78, 5) is 0. The summed E-state index contributed by atoms with van der Waals surface area (Å²) >= 11 is 0. The molecule has 134 valence electrons. The molecule has 2 aliphatic carbocycles. The minimum Gasteiger partial charge on any atom is -0.305 e. The van der Waals surface area contributed by atoms with Crippen molar-refractivity contribution in [3.8, 4) is 22.3 Å². The van der Waals surface area contributed by atoms with E-state index >= 15 is 0 Å². The Kier molecular flexibility index (Phi) is 3.04. The second-order valence-electron chi connectivity index (χ2n) is 9.09. The first-order chi connectivity index (χ1) is 12.7. The van der Waals surface area contributed by atoms with E-state index in [9.17, 15) is 0 Å². The Balaban J connectivity index is 1.91. The highest BCUT2D eigenvalue weighted by atomic mass is 14.5. The molecule has 0 saturated carbocycles. The Labute approximate surface area is 161 Å². The van der Waals surface area contributed by atoms with Crippen LogP contribution < -0.4 is 0 Å². The van der Waals surface area contributed by atoms with E-state index in [0.29, 0.717) is 5.71 Å². The molecule has 2 aliphatic rings. The van der Waals surface area contributed by atoms with Gasteiger partial charge in [0.2, 0.25) is 0 Å². The number of hydrogen-bond acceptors (Lipinski definition) is 1. The maximum Gasteiger partial charge on any atom is 0.0355 e. The van der Waals surface area contributed by atoms with E-state index in [1.807, 2.05) is 6.92 Å². The summed E-state index contributed by atoms with van der Waals surface area (Å²) in [5, 5.41) is 8.12. The summed E-state index contributed by atoms with van der Waals surface area (Å²) in [6.07, 6.45) is 0. The van der Waals surface area contributed by atoms with Crippen LogP contribution in [0, 0.1) is 5.41 Å². The molecule has 0 radical (unpaired) electrons.